The summed E-state index contributed by atoms with van der Waals surface area (Å²) >= 11 is 0. The van der Waals surface area contributed by atoms with E-state index in [0.717, 1.165) is 17.7 Å². The van der Waals surface area contributed by atoms with E-state index in [-0.39, 0.29) is 11.8 Å². The van der Waals surface area contributed by atoms with Gasteiger partial charge in [-0.05, 0) is 37.0 Å². The van der Waals surface area contributed by atoms with E-state index in [1.807, 2.05) is 24.3 Å². The van der Waals surface area contributed by atoms with E-state index in [1.165, 1.54) is 0 Å². The fourth-order valence-electron chi connectivity index (χ4n) is 1.80. The van der Waals surface area contributed by atoms with Gasteiger partial charge < -0.3 is 10.4 Å². The minimum Gasteiger partial charge on any atom is -0.389 e. The van der Waals surface area contributed by atoms with Crippen molar-refractivity contribution in [2.24, 2.45) is 11.8 Å². The summed E-state index contributed by atoms with van der Waals surface area (Å²) < 4.78 is 0. The molecule has 16 heavy (non-hydrogen) atoms. The third-order valence-corrected chi connectivity index (χ3v) is 3.08. The fourth-order valence-corrected chi connectivity index (χ4v) is 1.80. The molecule has 1 aromatic carbocycles. The van der Waals surface area contributed by atoms with Crippen LogP contribution in [-0.4, -0.2) is 11.0 Å². The van der Waals surface area contributed by atoms with Crippen LogP contribution in [0.2, 0.25) is 0 Å². The van der Waals surface area contributed by atoms with Crippen molar-refractivity contribution in [2.45, 2.75) is 26.4 Å². The number of carbonyl (C=O) groups excluding carboxylic acids is 1. The van der Waals surface area contributed by atoms with Crippen LogP contribution in [0.25, 0.3) is 0 Å². The number of amides is 1. The van der Waals surface area contributed by atoms with E-state index in [2.05, 4.69) is 12.2 Å². The molecule has 2 N–H and O–H groups in total. The Labute approximate surface area is 95.5 Å². The highest BCUT2D eigenvalue weighted by atomic mass is 16.3. The Bertz CT molecular complexity index is 401. The van der Waals surface area contributed by atoms with E-state index < -0.39 is 6.10 Å². The standard InChI is InChI=1S/C13H17NO2/c1-8-6-12(8)13(16)14-11-5-3-4-10(7-11)9(2)15/h3-5,7-9,12,15H,6H2,1-2H3,(H,14,16). The van der Waals surface area contributed by atoms with Crippen molar-refractivity contribution in [3.05, 3.63) is 29.8 Å². The van der Waals surface area contributed by atoms with E-state index in [1.54, 1.807) is 6.92 Å². The molecular weight excluding hydrogens is 202 g/mol. The molecule has 0 aromatic heterocycles. The highest BCUT2D eigenvalue weighted by molar-refractivity contribution is 5.94. The molecule has 1 aliphatic rings. The minimum atomic E-state index is -0.503. The van der Waals surface area contributed by atoms with Gasteiger partial charge in [-0.25, -0.2) is 0 Å². The number of hydrogen-bond acceptors (Lipinski definition) is 2. The number of hydrogen-bond donors (Lipinski definition) is 2. The van der Waals surface area contributed by atoms with Gasteiger partial charge in [0.1, 0.15) is 0 Å². The second kappa shape index (κ2) is 4.26. The molecule has 3 heteroatoms. The Balaban J connectivity index is 2.04. The smallest absolute Gasteiger partial charge is 0.227 e. The van der Waals surface area contributed by atoms with Gasteiger partial charge >= 0.3 is 0 Å². The minimum absolute atomic E-state index is 0.0928. The molecule has 0 bridgehead atoms. The summed E-state index contributed by atoms with van der Waals surface area (Å²) in [5.41, 5.74) is 1.59. The van der Waals surface area contributed by atoms with Gasteiger partial charge in [0.05, 0.1) is 6.10 Å². The monoisotopic (exact) mass is 219 g/mol. The molecule has 3 unspecified atom stereocenters. The summed E-state index contributed by atoms with van der Waals surface area (Å²) in [5, 5.41) is 12.3. The maximum Gasteiger partial charge on any atom is 0.227 e. The molecule has 0 aliphatic heterocycles. The number of aliphatic hydroxyl groups excluding tert-OH is 1. The van der Waals surface area contributed by atoms with Gasteiger partial charge in [0.2, 0.25) is 5.91 Å². The molecule has 1 amide bonds. The molecule has 1 aromatic rings. The zero-order valence-electron chi connectivity index (χ0n) is 9.60. The van der Waals surface area contributed by atoms with Crippen molar-refractivity contribution >= 4 is 11.6 Å². The summed E-state index contributed by atoms with van der Waals surface area (Å²) in [6.45, 7) is 3.79. The normalized spacial score (nSPS) is 24.9. The summed E-state index contributed by atoms with van der Waals surface area (Å²) in [4.78, 5) is 11.7. The number of anilines is 1. The summed E-state index contributed by atoms with van der Waals surface area (Å²) in [6, 6.07) is 7.35. The maximum absolute atomic E-state index is 11.7. The molecule has 2 rings (SSSR count). The fraction of sp³-hybridized carbons (Fsp3) is 0.462. The lowest BCUT2D eigenvalue weighted by Crippen LogP contribution is -2.14. The first-order chi connectivity index (χ1) is 7.58. The molecule has 1 fully saturated rings. The summed E-state index contributed by atoms with van der Waals surface area (Å²) in [5.74, 6) is 0.783. The average Bonchev–Trinajstić information content (AvgIpc) is 2.96. The Morgan fingerprint density at radius 1 is 1.56 bits per heavy atom. The lowest BCUT2D eigenvalue weighted by molar-refractivity contribution is -0.117. The Kier molecular flexibility index (Phi) is 2.97. The topological polar surface area (TPSA) is 49.3 Å². The lowest BCUT2D eigenvalue weighted by atomic mass is 10.1. The molecule has 0 saturated heterocycles. The quantitative estimate of drug-likeness (QED) is 0.819. The van der Waals surface area contributed by atoms with Crippen LogP contribution in [0.4, 0.5) is 5.69 Å². The number of benzene rings is 1. The summed E-state index contributed by atoms with van der Waals surface area (Å²) in [7, 11) is 0. The van der Waals surface area contributed by atoms with Crippen LogP contribution in [0.15, 0.2) is 24.3 Å². The van der Waals surface area contributed by atoms with Crippen molar-refractivity contribution < 1.29 is 9.90 Å². The van der Waals surface area contributed by atoms with E-state index in [9.17, 15) is 9.90 Å². The van der Waals surface area contributed by atoms with Crippen LogP contribution in [0, 0.1) is 11.8 Å². The first-order valence-corrected chi connectivity index (χ1v) is 5.67. The highest BCUT2D eigenvalue weighted by Crippen LogP contribution is 2.38. The largest absolute Gasteiger partial charge is 0.389 e. The van der Waals surface area contributed by atoms with Crippen LogP contribution in [0.5, 0.6) is 0 Å². The molecule has 3 nitrogen and oxygen atoms in total. The van der Waals surface area contributed by atoms with Gasteiger partial charge in [0.15, 0.2) is 0 Å². The number of nitrogens with one attached hydrogen (secondary N) is 1. The SMILES string of the molecule is CC(O)c1cccc(NC(=O)C2CC2C)c1. The Hall–Kier alpha value is -1.35. The van der Waals surface area contributed by atoms with Gasteiger partial charge in [0.25, 0.3) is 0 Å². The zero-order chi connectivity index (χ0) is 11.7. The van der Waals surface area contributed by atoms with Gasteiger partial charge in [-0.2, -0.15) is 0 Å². The average molecular weight is 219 g/mol. The van der Waals surface area contributed by atoms with Crippen LogP contribution in [-0.2, 0) is 4.79 Å². The number of aliphatic hydroxyl groups is 1. The molecule has 0 heterocycles. The van der Waals surface area contributed by atoms with Gasteiger partial charge in [-0.1, -0.05) is 19.1 Å². The van der Waals surface area contributed by atoms with Crippen molar-refractivity contribution in [3.8, 4) is 0 Å². The molecule has 3 atom stereocenters. The molecular formula is C13H17NO2. The third-order valence-electron chi connectivity index (χ3n) is 3.08. The lowest BCUT2D eigenvalue weighted by Gasteiger charge is -2.08. The molecule has 0 spiro atoms. The van der Waals surface area contributed by atoms with Crippen LogP contribution >= 0.6 is 0 Å². The van der Waals surface area contributed by atoms with Crippen molar-refractivity contribution in [3.63, 3.8) is 0 Å². The molecule has 1 aliphatic carbocycles. The number of rotatable bonds is 3. The van der Waals surface area contributed by atoms with Crippen LogP contribution in [0.3, 0.4) is 0 Å². The van der Waals surface area contributed by atoms with Gasteiger partial charge in [0, 0.05) is 11.6 Å². The zero-order valence-corrected chi connectivity index (χ0v) is 9.60. The van der Waals surface area contributed by atoms with Crippen molar-refractivity contribution in [1.82, 2.24) is 0 Å². The van der Waals surface area contributed by atoms with E-state index in [4.69, 9.17) is 0 Å². The van der Waals surface area contributed by atoms with Crippen molar-refractivity contribution in [2.75, 3.05) is 5.32 Å². The predicted molar refractivity (Wildman–Crippen MR) is 63.0 cm³/mol. The number of carbonyl (C=O) groups is 1. The third kappa shape index (κ3) is 2.42. The molecule has 1 saturated carbocycles. The van der Waals surface area contributed by atoms with Crippen molar-refractivity contribution in [1.29, 1.82) is 0 Å². The Morgan fingerprint density at radius 3 is 2.81 bits per heavy atom. The van der Waals surface area contributed by atoms with Crippen LogP contribution in [0.1, 0.15) is 31.9 Å². The maximum atomic E-state index is 11.7. The molecule has 86 valence electrons. The summed E-state index contributed by atoms with van der Waals surface area (Å²) in [6.07, 6.45) is 0.485. The van der Waals surface area contributed by atoms with E-state index in [0.29, 0.717) is 5.92 Å². The predicted octanol–water partition coefficient (Wildman–Crippen LogP) is 2.33. The first-order valence-electron chi connectivity index (χ1n) is 5.67. The first kappa shape index (κ1) is 11.1. The second-order valence-corrected chi connectivity index (χ2v) is 4.61. The van der Waals surface area contributed by atoms with Gasteiger partial charge in [-0.15, -0.1) is 0 Å². The Morgan fingerprint density at radius 2 is 2.25 bits per heavy atom. The second-order valence-electron chi connectivity index (χ2n) is 4.61. The highest BCUT2D eigenvalue weighted by Gasteiger charge is 2.39. The molecule has 0 radical (unpaired) electrons. The van der Waals surface area contributed by atoms with E-state index >= 15 is 0 Å². The van der Waals surface area contributed by atoms with Crippen LogP contribution < -0.4 is 5.32 Å². The van der Waals surface area contributed by atoms with Gasteiger partial charge in [-0.3, -0.25) is 4.79 Å².